The van der Waals surface area contributed by atoms with Crippen LogP contribution in [0, 0.1) is 5.92 Å². The number of hydrogen-bond acceptors (Lipinski definition) is 3. The van der Waals surface area contributed by atoms with Gasteiger partial charge >= 0.3 is 14.4 Å². The molecule has 0 heterocycles. The Morgan fingerprint density at radius 3 is 2.20 bits per heavy atom. The second-order valence-corrected chi connectivity index (χ2v) is 3.97. The summed E-state index contributed by atoms with van der Waals surface area (Å²) in [7, 11) is -3.36. The summed E-state index contributed by atoms with van der Waals surface area (Å²) in [6.07, 6.45) is -4.81. The molecule has 15 heavy (non-hydrogen) atoms. The van der Waals surface area contributed by atoms with E-state index in [4.69, 9.17) is 4.89 Å². The van der Waals surface area contributed by atoms with E-state index in [0.29, 0.717) is 12.8 Å². The maximum atomic E-state index is 12.8. The minimum Gasteiger partial charge on any atom is -0.392 e. The summed E-state index contributed by atoms with van der Waals surface area (Å²) in [4.78, 5) is 8.18. The van der Waals surface area contributed by atoms with Crippen LogP contribution in [0.25, 0.3) is 0 Å². The van der Waals surface area contributed by atoms with Crippen LogP contribution in [0.5, 0.6) is 0 Å². The number of alkyl halides is 2. The van der Waals surface area contributed by atoms with E-state index in [1.165, 1.54) is 0 Å². The second-order valence-electron chi connectivity index (χ2n) is 3.31. The molecule has 0 aliphatic rings. The fourth-order valence-corrected chi connectivity index (χ4v) is 1.70. The lowest BCUT2D eigenvalue weighted by molar-refractivity contribution is -0.200. The molecule has 2 unspecified atom stereocenters. The Balaban J connectivity index is 4.24. The molecule has 0 aliphatic heterocycles. The average molecular weight is 245 g/mol. The molecule has 7 heteroatoms. The van der Waals surface area contributed by atoms with Crippen molar-refractivity contribution in [2.75, 3.05) is 0 Å². The van der Waals surface area contributed by atoms with E-state index in [0.717, 1.165) is 0 Å². The van der Waals surface area contributed by atoms with Gasteiger partial charge in [0.05, 0.1) is 12.5 Å². The Morgan fingerprint density at radius 2 is 1.87 bits per heavy atom. The molecule has 90 valence electrons. The molecule has 0 saturated carbocycles. The van der Waals surface area contributed by atoms with Crippen LogP contribution in [0.15, 0.2) is 0 Å². The number of aliphatic hydroxyl groups is 1. The van der Waals surface area contributed by atoms with E-state index in [9.17, 15) is 18.5 Å². The third-order valence-corrected chi connectivity index (χ3v) is 2.67. The van der Waals surface area contributed by atoms with Gasteiger partial charge in [-0.2, -0.15) is 8.78 Å². The van der Waals surface area contributed by atoms with E-state index in [-0.39, 0.29) is 5.92 Å². The minimum absolute atomic E-state index is 0.254. The van der Waals surface area contributed by atoms with Gasteiger partial charge in [0, 0.05) is 4.57 Å². The maximum absolute atomic E-state index is 12.8. The number of hydrogen-bond donors (Lipinski definition) is 2. The van der Waals surface area contributed by atoms with Crippen molar-refractivity contribution in [3.05, 3.63) is 0 Å². The second kappa shape index (κ2) is 6.43. The summed E-state index contributed by atoms with van der Waals surface area (Å²) in [5.41, 5.74) is 0. The molecule has 0 amide bonds. The first kappa shape index (κ1) is 14.8. The highest BCUT2D eigenvalue weighted by Crippen LogP contribution is 2.34. The molecule has 0 aliphatic carbocycles. The standard InChI is InChI=1S/C8H15F2O4P/c1-3-6(4-2)7(11)5-8(9,10)14-15(12)13/h6-7,11H,3-5H2,1-2H3/p+1. The van der Waals surface area contributed by atoms with E-state index in [1.54, 1.807) is 13.8 Å². The van der Waals surface area contributed by atoms with Gasteiger partial charge in [-0.3, -0.25) is 0 Å². The molecule has 4 nitrogen and oxygen atoms in total. The van der Waals surface area contributed by atoms with Crippen LogP contribution in [-0.2, 0) is 9.09 Å². The maximum Gasteiger partial charge on any atom is 0.701 e. The zero-order chi connectivity index (χ0) is 12.1. The lowest BCUT2D eigenvalue weighted by atomic mass is 9.94. The smallest absolute Gasteiger partial charge is 0.392 e. The highest BCUT2D eigenvalue weighted by Gasteiger charge is 2.43. The number of aliphatic hydroxyl groups excluding tert-OH is 1. The van der Waals surface area contributed by atoms with Gasteiger partial charge in [-0.15, -0.1) is 4.89 Å². The third kappa shape index (κ3) is 6.10. The van der Waals surface area contributed by atoms with Gasteiger partial charge in [0.1, 0.15) is 0 Å². The van der Waals surface area contributed by atoms with Crippen molar-refractivity contribution >= 4 is 8.25 Å². The molecule has 0 spiro atoms. The molecule has 0 bridgehead atoms. The molecule has 2 atom stereocenters. The minimum atomic E-state index is -3.76. The fraction of sp³-hybridized carbons (Fsp3) is 1.00. The lowest BCUT2D eigenvalue weighted by Gasteiger charge is -2.21. The fourth-order valence-electron chi connectivity index (χ4n) is 1.39. The third-order valence-electron chi connectivity index (χ3n) is 2.25. The van der Waals surface area contributed by atoms with E-state index < -0.39 is 26.9 Å². The van der Waals surface area contributed by atoms with Crippen LogP contribution in [0.2, 0.25) is 0 Å². The van der Waals surface area contributed by atoms with Crippen LogP contribution in [0.3, 0.4) is 0 Å². The Bertz CT molecular complexity index is 209. The lowest BCUT2D eigenvalue weighted by Crippen LogP contribution is -2.30. The molecule has 0 aromatic rings. The average Bonchev–Trinajstić information content (AvgIpc) is 2.02. The van der Waals surface area contributed by atoms with Gasteiger partial charge < -0.3 is 5.11 Å². The largest absolute Gasteiger partial charge is 0.701 e. The van der Waals surface area contributed by atoms with Gasteiger partial charge in [0.2, 0.25) is 0 Å². The van der Waals surface area contributed by atoms with Crippen LogP contribution in [-0.4, -0.2) is 22.2 Å². The molecular formula is C8H16F2O4P+. The predicted molar refractivity (Wildman–Crippen MR) is 50.6 cm³/mol. The van der Waals surface area contributed by atoms with E-state index >= 15 is 0 Å². The van der Waals surface area contributed by atoms with Crippen molar-refractivity contribution < 1.29 is 27.9 Å². The number of rotatable bonds is 7. The van der Waals surface area contributed by atoms with Crippen LogP contribution in [0.4, 0.5) is 8.78 Å². The normalized spacial score (nSPS) is 15.5. The Kier molecular flexibility index (Phi) is 6.36. The van der Waals surface area contributed by atoms with Crippen LogP contribution < -0.4 is 0 Å². The quantitative estimate of drug-likeness (QED) is 0.676. The topological polar surface area (TPSA) is 66.8 Å². The van der Waals surface area contributed by atoms with E-state index in [2.05, 4.69) is 4.52 Å². The summed E-state index contributed by atoms with van der Waals surface area (Å²) in [6.45, 7) is 3.56. The molecule has 2 N–H and O–H groups in total. The van der Waals surface area contributed by atoms with Crippen molar-refractivity contribution in [3.8, 4) is 0 Å². The summed E-state index contributed by atoms with van der Waals surface area (Å²) in [6, 6.07) is 0. The van der Waals surface area contributed by atoms with Crippen LogP contribution >= 0.6 is 8.25 Å². The van der Waals surface area contributed by atoms with Gasteiger partial charge in [-0.1, -0.05) is 26.7 Å². The first-order valence-electron chi connectivity index (χ1n) is 4.73. The van der Waals surface area contributed by atoms with Gasteiger partial charge in [-0.05, 0) is 10.4 Å². The molecule has 0 radical (unpaired) electrons. The van der Waals surface area contributed by atoms with Gasteiger partial charge in [0.25, 0.3) is 0 Å². The highest BCUT2D eigenvalue weighted by molar-refractivity contribution is 7.32. The van der Waals surface area contributed by atoms with Crippen molar-refractivity contribution in [3.63, 3.8) is 0 Å². The summed E-state index contributed by atoms with van der Waals surface area (Å²) >= 11 is 0. The molecule has 0 aromatic heterocycles. The zero-order valence-electron chi connectivity index (χ0n) is 8.69. The monoisotopic (exact) mass is 245 g/mol. The molecule has 0 rings (SSSR count). The first-order valence-corrected chi connectivity index (χ1v) is 5.86. The van der Waals surface area contributed by atoms with E-state index in [1.807, 2.05) is 0 Å². The summed E-state index contributed by atoms with van der Waals surface area (Å²) in [5.74, 6) is -0.254. The van der Waals surface area contributed by atoms with Gasteiger partial charge in [0.15, 0.2) is 0 Å². The van der Waals surface area contributed by atoms with Crippen molar-refractivity contribution in [2.24, 2.45) is 5.92 Å². The molecule has 0 aromatic carbocycles. The Hall–Kier alpha value is -0.160. The van der Waals surface area contributed by atoms with Crippen LogP contribution in [0.1, 0.15) is 33.1 Å². The molecular weight excluding hydrogens is 229 g/mol. The number of halogens is 2. The van der Waals surface area contributed by atoms with Crippen molar-refractivity contribution in [2.45, 2.75) is 45.3 Å². The zero-order valence-corrected chi connectivity index (χ0v) is 9.58. The Morgan fingerprint density at radius 1 is 1.40 bits per heavy atom. The van der Waals surface area contributed by atoms with Crippen molar-refractivity contribution in [1.82, 2.24) is 0 Å². The summed E-state index contributed by atoms with van der Waals surface area (Å²) < 4.78 is 39.3. The van der Waals surface area contributed by atoms with Crippen molar-refractivity contribution in [1.29, 1.82) is 0 Å². The predicted octanol–water partition coefficient (Wildman–Crippen LogP) is 2.43. The van der Waals surface area contributed by atoms with Gasteiger partial charge in [-0.25, -0.2) is 0 Å². The highest BCUT2D eigenvalue weighted by atomic mass is 31.1. The molecule has 0 saturated heterocycles. The molecule has 0 fully saturated rings. The first-order chi connectivity index (χ1) is 6.82. The summed E-state index contributed by atoms with van der Waals surface area (Å²) in [5, 5.41) is 9.42. The SMILES string of the molecule is CCC(CC)C(O)CC(F)(F)O[P+](=O)O. The Labute approximate surface area is 88.2 Å².